The highest BCUT2D eigenvalue weighted by molar-refractivity contribution is 8.14. The molecule has 228 valence electrons. The van der Waals surface area contributed by atoms with Gasteiger partial charge in [0.2, 0.25) is 0 Å². The molecule has 3 aromatic rings. The maximum atomic E-state index is 14.2. The topological polar surface area (TPSA) is 66.8 Å². The van der Waals surface area contributed by atoms with Crippen molar-refractivity contribution >= 4 is 23.0 Å². The van der Waals surface area contributed by atoms with Crippen molar-refractivity contribution in [1.29, 1.82) is 0 Å². The summed E-state index contributed by atoms with van der Waals surface area (Å²) in [4.78, 5) is 25.8. The summed E-state index contributed by atoms with van der Waals surface area (Å²) in [6.07, 6.45) is -9.06. The van der Waals surface area contributed by atoms with Gasteiger partial charge >= 0.3 is 18.3 Å². The smallest absolute Gasteiger partial charge is 0.416 e. The predicted molar refractivity (Wildman–Crippen MR) is 144 cm³/mol. The summed E-state index contributed by atoms with van der Waals surface area (Å²) in [5.41, 5.74) is -0.683. The number of hydrogen-bond acceptors (Lipinski definition) is 4. The van der Waals surface area contributed by atoms with Crippen LogP contribution in [-0.4, -0.2) is 34.4 Å². The van der Waals surface area contributed by atoms with E-state index < -0.39 is 57.8 Å². The molecule has 43 heavy (non-hydrogen) atoms. The Morgan fingerprint density at radius 2 is 1.67 bits per heavy atom. The molecule has 2 fully saturated rings. The van der Waals surface area contributed by atoms with Crippen molar-refractivity contribution < 1.29 is 50.2 Å². The number of amides is 1. The average molecular weight is 628 g/mol. The molecule has 0 radical (unpaired) electrons. The monoisotopic (exact) mass is 627 g/mol. The number of thioether (sulfide) groups is 1. The van der Waals surface area contributed by atoms with Gasteiger partial charge < -0.3 is 14.7 Å². The van der Waals surface area contributed by atoms with Crippen LogP contribution in [0.25, 0.3) is 11.1 Å². The molecular formula is C30H24F7NO4S. The number of alkyl halides is 6. The highest BCUT2D eigenvalue weighted by Crippen LogP contribution is 2.55. The number of carboxylic acids is 1. The van der Waals surface area contributed by atoms with Gasteiger partial charge in [-0.1, -0.05) is 23.9 Å². The lowest BCUT2D eigenvalue weighted by Crippen LogP contribution is -2.31. The van der Waals surface area contributed by atoms with Crippen molar-refractivity contribution in [2.45, 2.75) is 55.4 Å². The number of carboxylic acid groups (broad SMARTS) is 1. The molecule has 2 aliphatic rings. The highest BCUT2D eigenvalue weighted by atomic mass is 32.2. The molecule has 5 nitrogen and oxygen atoms in total. The molecule has 1 amide bonds. The summed E-state index contributed by atoms with van der Waals surface area (Å²) in [6, 6.07) is 8.57. The highest BCUT2D eigenvalue weighted by Gasteiger charge is 2.50. The van der Waals surface area contributed by atoms with Gasteiger partial charge in [0.25, 0.3) is 5.24 Å². The van der Waals surface area contributed by atoms with Crippen LogP contribution < -0.4 is 4.74 Å². The van der Waals surface area contributed by atoms with E-state index in [1.165, 1.54) is 18.1 Å². The Hall–Kier alpha value is -3.74. The first kappa shape index (κ1) is 30.7. The van der Waals surface area contributed by atoms with E-state index in [0.29, 0.717) is 28.5 Å². The van der Waals surface area contributed by atoms with Crippen LogP contribution in [0, 0.1) is 5.82 Å². The number of benzene rings is 3. The van der Waals surface area contributed by atoms with E-state index in [-0.39, 0.29) is 36.8 Å². The van der Waals surface area contributed by atoms with Crippen molar-refractivity contribution in [3.8, 4) is 16.9 Å². The molecule has 2 aliphatic heterocycles. The minimum Gasteiger partial charge on any atom is -0.496 e. The van der Waals surface area contributed by atoms with Crippen LogP contribution in [0.15, 0.2) is 54.6 Å². The quantitative estimate of drug-likeness (QED) is 0.266. The molecule has 3 atom stereocenters. The maximum absolute atomic E-state index is 14.2. The molecular weight excluding hydrogens is 603 g/mol. The summed E-state index contributed by atoms with van der Waals surface area (Å²) in [6.45, 7) is 0. The fraction of sp³-hybridized carbons (Fsp3) is 0.333. The Labute approximate surface area is 245 Å². The van der Waals surface area contributed by atoms with E-state index in [0.717, 1.165) is 36.0 Å². The molecule has 3 aromatic carbocycles. The largest absolute Gasteiger partial charge is 0.496 e. The van der Waals surface area contributed by atoms with E-state index in [1.807, 2.05) is 0 Å². The first-order valence-electron chi connectivity index (χ1n) is 13.1. The summed E-state index contributed by atoms with van der Waals surface area (Å²) >= 11 is 0.718. The molecule has 0 aromatic heterocycles. The SMILES string of the molecule is COc1ccc(CCC(=O)O)cc1-c1ccc(C(F)(F)F)cc1[C@@H]1CC[C@H]2[C@@H](c3cc(F)cc(C(F)(F)F)c3)SC(=O)N12. The molecule has 2 saturated heterocycles. The minimum atomic E-state index is -4.81. The molecule has 13 heteroatoms. The summed E-state index contributed by atoms with van der Waals surface area (Å²) < 4.78 is 102. The Bertz CT molecular complexity index is 1570. The number of fused-ring (bicyclic) bond motifs is 1. The molecule has 1 N–H and O–H groups in total. The van der Waals surface area contributed by atoms with Crippen LogP contribution in [0.2, 0.25) is 0 Å². The molecule has 0 unspecified atom stereocenters. The molecule has 0 aliphatic carbocycles. The molecule has 0 bridgehead atoms. The number of carbonyl (C=O) groups is 2. The van der Waals surface area contributed by atoms with Crippen molar-refractivity contribution in [2.75, 3.05) is 7.11 Å². The van der Waals surface area contributed by atoms with Gasteiger partial charge in [0, 0.05) is 18.0 Å². The van der Waals surface area contributed by atoms with E-state index in [9.17, 15) is 40.3 Å². The Balaban J connectivity index is 1.59. The van der Waals surface area contributed by atoms with Gasteiger partial charge in [-0.2, -0.15) is 26.3 Å². The first-order valence-corrected chi connectivity index (χ1v) is 14.0. The number of nitrogens with zero attached hydrogens (tertiary/aromatic N) is 1. The van der Waals surface area contributed by atoms with Gasteiger partial charge in [0.1, 0.15) is 11.6 Å². The lowest BCUT2D eigenvalue weighted by Gasteiger charge is -2.28. The fourth-order valence-electron chi connectivity index (χ4n) is 5.81. The average Bonchev–Trinajstić information content (AvgIpc) is 3.51. The third kappa shape index (κ3) is 6.17. The van der Waals surface area contributed by atoms with E-state index in [1.54, 1.807) is 18.2 Å². The molecule has 0 saturated carbocycles. The van der Waals surface area contributed by atoms with E-state index in [2.05, 4.69) is 0 Å². The minimum absolute atomic E-state index is 0.0316. The second kappa shape index (κ2) is 11.4. The predicted octanol–water partition coefficient (Wildman–Crippen LogP) is 8.67. The van der Waals surface area contributed by atoms with Gasteiger partial charge in [0.15, 0.2) is 0 Å². The van der Waals surface area contributed by atoms with E-state index in [4.69, 9.17) is 9.84 Å². The van der Waals surface area contributed by atoms with Gasteiger partial charge in [0.05, 0.1) is 29.5 Å². The number of aliphatic carboxylic acids is 1. The van der Waals surface area contributed by atoms with Crippen LogP contribution in [0.1, 0.15) is 58.4 Å². The number of hydrogen-bond donors (Lipinski definition) is 1. The van der Waals surface area contributed by atoms with Crippen molar-refractivity contribution in [3.05, 3.63) is 88.2 Å². The number of halogens is 7. The van der Waals surface area contributed by atoms with Gasteiger partial charge in [-0.25, -0.2) is 4.39 Å². The summed E-state index contributed by atoms with van der Waals surface area (Å²) in [5, 5.41) is 7.69. The zero-order chi connectivity index (χ0) is 31.3. The van der Waals surface area contributed by atoms with Crippen LogP contribution in [-0.2, 0) is 23.6 Å². The Morgan fingerprint density at radius 1 is 0.953 bits per heavy atom. The number of aryl methyl sites for hydroxylation is 1. The van der Waals surface area contributed by atoms with Crippen LogP contribution >= 0.6 is 11.8 Å². The molecule has 5 rings (SSSR count). The Kier molecular flexibility index (Phi) is 8.14. The number of rotatable bonds is 7. The van der Waals surface area contributed by atoms with Gasteiger partial charge in [-0.05, 0) is 84.0 Å². The second-order valence-electron chi connectivity index (χ2n) is 10.4. The first-order chi connectivity index (χ1) is 20.2. The number of methoxy groups -OCH3 is 1. The van der Waals surface area contributed by atoms with Crippen molar-refractivity contribution in [3.63, 3.8) is 0 Å². The Morgan fingerprint density at radius 3 is 2.33 bits per heavy atom. The third-order valence-corrected chi connectivity index (χ3v) is 8.97. The lowest BCUT2D eigenvalue weighted by molar-refractivity contribution is -0.138. The van der Waals surface area contributed by atoms with Crippen molar-refractivity contribution in [1.82, 2.24) is 4.90 Å². The lowest BCUT2D eigenvalue weighted by atomic mass is 9.90. The van der Waals surface area contributed by atoms with Crippen LogP contribution in [0.5, 0.6) is 5.75 Å². The van der Waals surface area contributed by atoms with Gasteiger partial charge in [-0.15, -0.1) is 0 Å². The standard InChI is InChI=1S/C30H24F7NO4S/c1-42-25-8-2-15(3-9-26(39)40)10-22(25)20-5-4-17(29(32,33)34)14-21(20)23-6-7-24-27(43-28(41)38(23)24)16-11-18(30(35,36)37)13-19(31)12-16/h2,4-5,8,10-14,23-24,27H,3,6-7,9H2,1H3,(H,39,40)/t23-,24-,27+/m0/s1. The summed E-state index contributed by atoms with van der Waals surface area (Å²) in [7, 11) is 1.38. The normalized spacial score (nSPS) is 20.4. The van der Waals surface area contributed by atoms with Crippen LogP contribution in [0.4, 0.5) is 35.5 Å². The third-order valence-electron chi connectivity index (χ3n) is 7.71. The van der Waals surface area contributed by atoms with Crippen LogP contribution in [0.3, 0.4) is 0 Å². The zero-order valence-electron chi connectivity index (χ0n) is 22.4. The molecule has 2 heterocycles. The van der Waals surface area contributed by atoms with E-state index >= 15 is 0 Å². The van der Waals surface area contributed by atoms with Crippen molar-refractivity contribution in [2.24, 2.45) is 0 Å². The van der Waals surface area contributed by atoms with Gasteiger partial charge in [-0.3, -0.25) is 9.59 Å². The number of ether oxygens (including phenoxy) is 1. The molecule has 0 spiro atoms. The fourth-order valence-corrected chi connectivity index (χ4v) is 7.11. The number of carbonyl (C=O) groups excluding carboxylic acids is 1. The maximum Gasteiger partial charge on any atom is 0.416 e. The zero-order valence-corrected chi connectivity index (χ0v) is 23.2. The second-order valence-corrected chi connectivity index (χ2v) is 11.5. The summed E-state index contributed by atoms with van der Waals surface area (Å²) in [5.74, 6) is -1.82.